The summed E-state index contributed by atoms with van der Waals surface area (Å²) in [6.45, 7) is 5.43. The van der Waals surface area contributed by atoms with Gasteiger partial charge in [-0.3, -0.25) is 0 Å². The second-order valence-electron chi connectivity index (χ2n) is 5.11. The molecular formula is C18H19N. The minimum Gasteiger partial charge on any atom is -0.341 e. The molecule has 0 spiro atoms. The highest BCUT2D eigenvalue weighted by atomic mass is 15.0. The van der Waals surface area contributed by atoms with Crippen LogP contribution in [0.15, 0.2) is 54.6 Å². The summed E-state index contributed by atoms with van der Waals surface area (Å²) >= 11 is 0. The van der Waals surface area contributed by atoms with Crippen LogP contribution in [-0.4, -0.2) is 4.57 Å². The van der Waals surface area contributed by atoms with Gasteiger partial charge in [-0.25, -0.2) is 0 Å². The van der Waals surface area contributed by atoms with Gasteiger partial charge in [-0.05, 0) is 31.0 Å². The van der Waals surface area contributed by atoms with Crippen LogP contribution < -0.4 is 0 Å². The summed E-state index contributed by atoms with van der Waals surface area (Å²) in [4.78, 5) is 0. The minimum atomic E-state index is 1.07. The van der Waals surface area contributed by atoms with Crippen molar-refractivity contribution < 1.29 is 0 Å². The molecule has 0 aliphatic rings. The Morgan fingerprint density at radius 1 is 0.947 bits per heavy atom. The lowest BCUT2D eigenvalue weighted by Gasteiger charge is -2.10. The van der Waals surface area contributed by atoms with Gasteiger partial charge in [0.2, 0.25) is 0 Å². The van der Waals surface area contributed by atoms with E-state index in [0.717, 1.165) is 13.0 Å². The summed E-state index contributed by atoms with van der Waals surface area (Å²) in [6.07, 6.45) is 1.15. The van der Waals surface area contributed by atoms with Gasteiger partial charge >= 0.3 is 0 Å². The van der Waals surface area contributed by atoms with Crippen molar-refractivity contribution in [2.45, 2.75) is 26.8 Å². The Morgan fingerprint density at radius 2 is 1.68 bits per heavy atom. The van der Waals surface area contributed by atoms with Gasteiger partial charge in [-0.1, -0.05) is 55.0 Å². The summed E-state index contributed by atoms with van der Waals surface area (Å²) in [5, 5.41) is 1.33. The molecule has 3 rings (SSSR count). The average Bonchev–Trinajstić information content (AvgIpc) is 2.79. The molecule has 0 aliphatic carbocycles. The lowest BCUT2D eigenvalue weighted by molar-refractivity contribution is 0.709. The molecule has 0 atom stereocenters. The highest BCUT2D eigenvalue weighted by Gasteiger charge is 2.09. The molecule has 1 aromatic heterocycles. The fourth-order valence-electron chi connectivity index (χ4n) is 2.64. The monoisotopic (exact) mass is 249 g/mol. The van der Waals surface area contributed by atoms with Crippen LogP contribution in [0.4, 0.5) is 0 Å². The molecule has 0 fully saturated rings. The number of rotatable bonds is 3. The van der Waals surface area contributed by atoms with Gasteiger partial charge in [0.25, 0.3) is 0 Å². The molecular weight excluding hydrogens is 230 g/mol. The van der Waals surface area contributed by atoms with Crippen molar-refractivity contribution in [2.75, 3.05) is 0 Å². The molecule has 19 heavy (non-hydrogen) atoms. The third kappa shape index (κ3) is 2.17. The first-order valence-corrected chi connectivity index (χ1v) is 6.95. The number of hydrogen-bond donors (Lipinski definition) is 0. The van der Waals surface area contributed by atoms with E-state index in [2.05, 4.69) is 73.0 Å². The van der Waals surface area contributed by atoms with Crippen molar-refractivity contribution in [3.63, 3.8) is 0 Å². The largest absolute Gasteiger partial charge is 0.341 e. The molecule has 0 amide bonds. The average molecular weight is 249 g/mol. The standard InChI is InChI=1S/C18H19N/c1-3-12-19-17-7-5-4-6-16(17)13-18(19)15-10-8-14(2)9-11-15/h4-11,13H,3,12H2,1-2H3. The Balaban J connectivity index is 2.21. The first-order valence-electron chi connectivity index (χ1n) is 6.95. The molecule has 0 saturated carbocycles. The number of aromatic nitrogens is 1. The fourth-order valence-corrected chi connectivity index (χ4v) is 2.64. The molecule has 0 bridgehead atoms. The van der Waals surface area contributed by atoms with E-state index in [1.807, 2.05) is 0 Å². The van der Waals surface area contributed by atoms with Gasteiger partial charge in [0.05, 0.1) is 0 Å². The van der Waals surface area contributed by atoms with Crippen LogP contribution in [-0.2, 0) is 6.54 Å². The highest BCUT2D eigenvalue weighted by molar-refractivity contribution is 5.87. The molecule has 0 N–H and O–H groups in total. The summed E-state index contributed by atoms with van der Waals surface area (Å²) in [5.41, 5.74) is 5.26. The van der Waals surface area contributed by atoms with E-state index in [9.17, 15) is 0 Å². The molecule has 0 saturated heterocycles. The Labute approximate surface area is 114 Å². The van der Waals surface area contributed by atoms with E-state index in [1.54, 1.807) is 0 Å². The molecule has 1 heteroatoms. The third-order valence-electron chi connectivity index (χ3n) is 3.61. The fraction of sp³-hybridized carbons (Fsp3) is 0.222. The van der Waals surface area contributed by atoms with Gasteiger partial charge < -0.3 is 4.57 Å². The SMILES string of the molecule is CCCn1c(-c2ccc(C)cc2)cc2ccccc21. The lowest BCUT2D eigenvalue weighted by Crippen LogP contribution is -1.98. The van der Waals surface area contributed by atoms with E-state index in [1.165, 1.54) is 27.7 Å². The highest BCUT2D eigenvalue weighted by Crippen LogP contribution is 2.28. The third-order valence-corrected chi connectivity index (χ3v) is 3.61. The maximum atomic E-state index is 2.43. The Bertz CT molecular complexity index is 689. The van der Waals surface area contributed by atoms with Crippen LogP contribution in [0.2, 0.25) is 0 Å². The van der Waals surface area contributed by atoms with Crippen molar-refractivity contribution in [3.05, 3.63) is 60.2 Å². The van der Waals surface area contributed by atoms with E-state index in [0.29, 0.717) is 0 Å². The second kappa shape index (κ2) is 4.93. The van der Waals surface area contributed by atoms with E-state index >= 15 is 0 Å². The molecule has 0 unspecified atom stereocenters. The van der Waals surface area contributed by atoms with Crippen LogP contribution in [0.3, 0.4) is 0 Å². The van der Waals surface area contributed by atoms with Gasteiger partial charge in [-0.15, -0.1) is 0 Å². The summed E-state index contributed by atoms with van der Waals surface area (Å²) < 4.78 is 2.43. The Morgan fingerprint density at radius 3 is 2.42 bits per heavy atom. The summed E-state index contributed by atoms with van der Waals surface area (Å²) in [7, 11) is 0. The number of hydrogen-bond acceptors (Lipinski definition) is 0. The lowest BCUT2D eigenvalue weighted by atomic mass is 10.1. The summed E-state index contributed by atoms with van der Waals surface area (Å²) in [5.74, 6) is 0. The van der Waals surface area contributed by atoms with Crippen LogP contribution in [0.5, 0.6) is 0 Å². The molecule has 2 aromatic carbocycles. The molecule has 3 aromatic rings. The second-order valence-corrected chi connectivity index (χ2v) is 5.11. The van der Waals surface area contributed by atoms with Crippen molar-refractivity contribution in [1.29, 1.82) is 0 Å². The first kappa shape index (κ1) is 12.0. The molecule has 96 valence electrons. The normalized spacial score (nSPS) is 11.1. The number of para-hydroxylation sites is 1. The van der Waals surface area contributed by atoms with Gasteiger partial charge in [-0.2, -0.15) is 0 Å². The quantitative estimate of drug-likeness (QED) is 0.613. The van der Waals surface area contributed by atoms with E-state index in [-0.39, 0.29) is 0 Å². The van der Waals surface area contributed by atoms with E-state index in [4.69, 9.17) is 0 Å². The molecule has 1 nitrogen and oxygen atoms in total. The Hall–Kier alpha value is -2.02. The number of fused-ring (bicyclic) bond motifs is 1. The number of aryl methyl sites for hydroxylation is 2. The van der Waals surface area contributed by atoms with Crippen LogP contribution in [0.25, 0.3) is 22.2 Å². The number of nitrogens with zero attached hydrogens (tertiary/aromatic N) is 1. The van der Waals surface area contributed by atoms with Crippen LogP contribution in [0.1, 0.15) is 18.9 Å². The Kier molecular flexibility index (Phi) is 3.12. The van der Waals surface area contributed by atoms with Crippen LogP contribution >= 0.6 is 0 Å². The predicted octanol–water partition coefficient (Wildman–Crippen LogP) is 5.03. The maximum Gasteiger partial charge on any atom is 0.0491 e. The smallest absolute Gasteiger partial charge is 0.0491 e. The minimum absolute atomic E-state index is 1.07. The maximum absolute atomic E-state index is 2.43. The first-order chi connectivity index (χ1) is 9.29. The van der Waals surface area contributed by atoms with Crippen molar-refractivity contribution >= 4 is 10.9 Å². The summed E-state index contributed by atoms with van der Waals surface area (Å²) in [6, 6.07) is 19.7. The molecule has 0 aliphatic heterocycles. The van der Waals surface area contributed by atoms with Crippen molar-refractivity contribution in [2.24, 2.45) is 0 Å². The van der Waals surface area contributed by atoms with Gasteiger partial charge in [0.15, 0.2) is 0 Å². The topological polar surface area (TPSA) is 4.93 Å². The molecule has 0 radical (unpaired) electrons. The zero-order chi connectivity index (χ0) is 13.2. The predicted molar refractivity (Wildman–Crippen MR) is 82.4 cm³/mol. The zero-order valence-corrected chi connectivity index (χ0v) is 11.6. The zero-order valence-electron chi connectivity index (χ0n) is 11.6. The molecule has 1 heterocycles. The number of benzene rings is 2. The van der Waals surface area contributed by atoms with Gasteiger partial charge in [0.1, 0.15) is 0 Å². The van der Waals surface area contributed by atoms with E-state index < -0.39 is 0 Å². The van der Waals surface area contributed by atoms with Crippen molar-refractivity contribution in [3.8, 4) is 11.3 Å². The van der Waals surface area contributed by atoms with Crippen LogP contribution in [0, 0.1) is 6.92 Å². The van der Waals surface area contributed by atoms with Gasteiger partial charge in [0, 0.05) is 23.1 Å². The van der Waals surface area contributed by atoms with Crippen molar-refractivity contribution in [1.82, 2.24) is 4.57 Å².